The minimum Gasteiger partial charge on any atom is -0.414 e. The molecule has 0 aromatic rings. The van der Waals surface area contributed by atoms with Gasteiger partial charge < -0.3 is 14.0 Å². The lowest BCUT2D eigenvalue weighted by molar-refractivity contribution is 0.0691. The molecule has 4 fully saturated rings. The fraction of sp³-hybridized carbons (Fsp3) is 0.947. The normalized spacial score (nSPS) is 35.6. The minimum atomic E-state index is -1.77. The van der Waals surface area contributed by atoms with Crippen LogP contribution in [-0.2, 0) is 8.85 Å². The van der Waals surface area contributed by atoms with Crippen LogP contribution in [-0.4, -0.2) is 39.6 Å². The van der Waals surface area contributed by atoms with Gasteiger partial charge >= 0.3 is 0 Å². The highest BCUT2D eigenvalue weighted by atomic mass is 28.4. The van der Waals surface area contributed by atoms with Gasteiger partial charge in [-0.15, -0.1) is 0 Å². The number of aliphatic hydroxyl groups excluding tert-OH is 1. The highest BCUT2D eigenvalue weighted by Crippen LogP contribution is 2.67. The molecule has 8 atom stereocenters. The molecule has 0 aliphatic heterocycles. The molecule has 0 radical (unpaired) electrons. The Bertz CT molecular complexity index is 970. The Balaban J connectivity index is 1.35. The second-order valence-corrected chi connectivity index (χ2v) is 27.8. The predicted octanol–water partition coefficient (Wildman–Crippen LogP) is 11.3. The summed E-state index contributed by atoms with van der Waals surface area (Å²) in [4.78, 5) is 0. The van der Waals surface area contributed by atoms with Crippen LogP contribution in [0.2, 0.25) is 36.3 Å². The summed E-state index contributed by atoms with van der Waals surface area (Å²) in [6.45, 7) is 28.7. The lowest BCUT2D eigenvalue weighted by atomic mass is 9.60. The molecule has 0 spiro atoms. The topological polar surface area (TPSA) is 38.7 Å². The third kappa shape index (κ3) is 7.31. The molecule has 3 nitrogen and oxygen atoms in total. The van der Waals surface area contributed by atoms with E-state index in [-0.39, 0.29) is 22.2 Å². The van der Waals surface area contributed by atoms with Crippen LogP contribution in [0.1, 0.15) is 140 Å². The van der Waals surface area contributed by atoms with E-state index >= 15 is 0 Å². The Morgan fingerprint density at radius 2 is 1.67 bits per heavy atom. The molecule has 4 rings (SSSR count). The fourth-order valence-corrected chi connectivity index (χ4v) is 14.8. The molecule has 43 heavy (non-hydrogen) atoms. The van der Waals surface area contributed by atoms with Gasteiger partial charge in [0.05, 0.1) is 11.7 Å². The van der Waals surface area contributed by atoms with Gasteiger partial charge in [0.15, 0.2) is 16.6 Å². The molecule has 0 amide bonds. The zero-order valence-electron chi connectivity index (χ0n) is 30.7. The van der Waals surface area contributed by atoms with Gasteiger partial charge in [0.25, 0.3) is 0 Å². The van der Waals surface area contributed by atoms with Crippen molar-refractivity contribution < 1.29 is 14.0 Å². The second kappa shape index (κ2) is 12.9. The van der Waals surface area contributed by atoms with Gasteiger partial charge in [-0.1, -0.05) is 79.9 Å². The number of allylic oxidation sites excluding steroid dienone is 1. The van der Waals surface area contributed by atoms with E-state index in [1.54, 1.807) is 5.57 Å². The smallest absolute Gasteiger partial charge is 0.192 e. The van der Waals surface area contributed by atoms with Gasteiger partial charge in [0.2, 0.25) is 0 Å². The first-order valence-corrected chi connectivity index (χ1v) is 24.1. The van der Waals surface area contributed by atoms with Crippen molar-refractivity contribution in [1.29, 1.82) is 0 Å². The third-order valence-corrected chi connectivity index (χ3v) is 23.6. The Morgan fingerprint density at radius 1 is 1.02 bits per heavy atom. The zero-order chi connectivity index (χ0) is 32.1. The van der Waals surface area contributed by atoms with Crippen molar-refractivity contribution in [1.82, 2.24) is 0 Å². The lowest BCUT2D eigenvalue weighted by Gasteiger charge is -2.45. The summed E-state index contributed by atoms with van der Waals surface area (Å²) in [5.74, 6) is 2.89. The first-order chi connectivity index (χ1) is 19.9. The quantitative estimate of drug-likeness (QED) is 0.153. The first-order valence-electron chi connectivity index (χ1n) is 18.6. The molecule has 1 unspecified atom stereocenters. The van der Waals surface area contributed by atoms with Crippen LogP contribution in [0.4, 0.5) is 0 Å². The summed E-state index contributed by atoms with van der Waals surface area (Å²) in [5.41, 5.74) is 2.11. The molecule has 1 N–H and O–H groups in total. The number of hydrogen-bond donors (Lipinski definition) is 1. The van der Waals surface area contributed by atoms with E-state index < -0.39 is 16.6 Å². The second-order valence-electron chi connectivity index (χ2n) is 18.3. The first kappa shape index (κ1) is 35.9. The minimum absolute atomic E-state index is 0.00201. The van der Waals surface area contributed by atoms with Gasteiger partial charge in [-0.25, -0.2) is 0 Å². The highest BCUT2D eigenvalue weighted by molar-refractivity contribution is 6.74. The Labute approximate surface area is 270 Å². The molecule has 0 bridgehead atoms. The maximum Gasteiger partial charge on any atom is 0.192 e. The summed E-state index contributed by atoms with van der Waals surface area (Å²) in [6, 6.07) is 3.71. The summed E-state index contributed by atoms with van der Waals surface area (Å²) in [7, 11) is -3.35. The van der Waals surface area contributed by atoms with E-state index in [9.17, 15) is 5.11 Å². The van der Waals surface area contributed by atoms with Crippen LogP contribution in [0.15, 0.2) is 11.6 Å². The van der Waals surface area contributed by atoms with Gasteiger partial charge in [0, 0.05) is 11.5 Å². The summed E-state index contributed by atoms with van der Waals surface area (Å²) < 4.78 is 13.8. The Kier molecular flexibility index (Phi) is 10.8. The van der Waals surface area contributed by atoms with E-state index in [0.29, 0.717) is 23.4 Å². The SMILES string of the molecule is CC[Si](CC)(CC)OC(C)(C)CCC[C@@H](C)[C@H]1CC[C@@H]2/C(=C/C(O)[C@@]34C[C@@H](O[Si](C)(C)C(C)(C)C)C[C@@H]3C4)CCC[C@@]21C. The average Bonchev–Trinajstić information content (AvgIpc) is 3.29. The van der Waals surface area contributed by atoms with Crippen LogP contribution in [0.5, 0.6) is 0 Å². The van der Waals surface area contributed by atoms with E-state index in [2.05, 4.69) is 88.4 Å². The largest absolute Gasteiger partial charge is 0.414 e. The van der Waals surface area contributed by atoms with E-state index in [1.807, 2.05) is 0 Å². The lowest BCUT2D eigenvalue weighted by Crippen LogP contribution is -2.44. The number of fused-ring (bicyclic) bond motifs is 2. The predicted molar refractivity (Wildman–Crippen MR) is 189 cm³/mol. The van der Waals surface area contributed by atoms with Crippen molar-refractivity contribution >= 4 is 16.6 Å². The van der Waals surface area contributed by atoms with Crippen molar-refractivity contribution in [3.05, 3.63) is 11.6 Å². The standard InChI is InChI=1S/C38H72O3Si2/c1-13-43(14-2,15-3)41-36(8,9)22-16-18-28(4)32-20-21-33-29(19-17-23-37(32,33)10)24-34(39)38-26-30(38)25-31(27-38)40-42(11,12)35(5,6)7/h24,28,30-34,39H,13-23,25-27H2,1-12H3/b29-24+/t28-,30-,31+,32-,33-,34?,37-,38+/m1/s1. The number of aliphatic hydroxyl groups is 1. The summed E-state index contributed by atoms with van der Waals surface area (Å²) in [6.07, 6.45) is 16.2. The molecule has 0 aromatic carbocycles. The molecule has 0 heterocycles. The Hall–Kier alpha value is 0.0538. The van der Waals surface area contributed by atoms with Crippen molar-refractivity contribution in [3.8, 4) is 0 Å². The number of rotatable bonds is 14. The van der Waals surface area contributed by atoms with Gasteiger partial charge in [-0.3, -0.25) is 0 Å². The van der Waals surface area contributed by atoms with Gasteiger partial charge in [-0.2, -0.15) is 0 Å². The third-order valence-electron chi connectivity index (χ3n) is 14.3. The molecular formula is C38H72O3Si2. The van der Waals surface area contributed by atoms with Crippen LogP contribution in [0.25, 0.3) is 0 Å². The van der Waals surface area contributed by atoms with Crippen molar-refractivity contribution in [3.63, 3.8) is 0 Å². The monoisotopic (exact) mass is 633 g/mol. The molecule has 250 valence electrons. The number of hydrogen-bond acceptors (Lipinski definition) is 3. The maximum absolute atomic E-state index is 11.8. The van der Waals surface area contributed by atoms with Crippen molar-refractivity contribution in [2.45, 2.75) is 194 Å². The molecular weight excluding hydrogens is 561 g/mol. The van der Waals surface area contributed by atoms with Crippen molar-refractivity contribution in [2.24, 2.45) is 34.5 Å². The Morgan fingerprint density at radius 3 is 2.28 bits per heavy atom. The molecule has 5 heteroatoms. The van der Waals surface area contributed by atoms with E-state index in [4.69, 9.17) is 8.85 Å². The fourth-order valence-electron chi connectivity index (χ4n) is 10.2. The molecule has 0 saturated heterocycles. The van der Waals surface area contributed by atoms with Crippen LogP contribution in [0, 0.1) is 34.5 Å². The van der Waals surface area contributed by atoms with E-state index in [1.165, 1.54) is 75.9 Å². The van der Waals surface area contributed by atoms with Crippen molar-refractivity contribution in [2.75, 3.05) is 0 Å². The van der Waals surface area contributed by atoms with Gasteiger partial charge in [-0.05, 0) is 137 Å². The average molecular weight is 633 g/mol. The zero-order valence-corrected chi connectivity index (χ0v) is 32.7. The van der Waals surface area contributed by atoms with Crippen LogP contribution in [0.3, 0.4) is 0 Å². The highest BCUT2D eigenvalue weighted by Gasteiger charge is 2.64. The van der Waals surface area contributed by atoms with Crippen LogP contribution < -0.4 is 0 Å². The van der Waals surface area contributed by atoms with Crippen LogP contribution >= 0.6 is 0 Å². The summed E-state index contributed by atoms with van der Waals surface area (Å²) in [5, 5.41) is 12.0. The summed E-state index contributed by atoms with van der Waals surface area (Å²) >= 11 is 0. The molecule has 0 aromatic heterocycles. The van der Waals surface area contributed by atoms with Gasteiger partial charge in [0.1, 0.15) is 0 Å². The molecule has 4 saturated carbocycles. The molecule has 4 aliphatic rings. The maximum atomic E-state index is 11.8. The molecule has 4 aliphatic carbocycles. The van der Waals surface area contributed by atoms with E-state index in [0.717, 1.165) is 24.7 Å².